The Morgan fingerprint density at radius 1 is 1.12 bits per heavy atom. The van der Waals surface area contributed by atoms with E-state index in [-0.39, 0.29) is 0 Å². The molecule has 0 fully saturated rings. The van der Waals surface area contributed by atoms with Gasteiger partial charge in [0, 0.05) is 11.5 Å². The maximum absolute atomic E-state index is 5.73. The van der Waals surface area contributed by atoms with Crippen LogP contribution in [0.4, 0.5) is 0 Å². The molecule has 0 saturated heterocycles. The summed E-state index contributed by atoms with van der Waals surface area (Å²) in [6.07, 6.45) is 0. The third-order valence-corrected chi connectivity index (χ3v) is 4.43. The molecule has 2 aromatic rings. The van der Waals surface area contributed by atoms with Crippen LogP contribution in [0.15, 0.2) is 18.2 Å². The molecule has 2 rings (SSSR count). The first kappa shape index (κ1) is 12.9. The van der Waals surface area contributed by atoms with E-state index in [1.165, 1.54) is 28.0 Å². The molecule has 0 aliphatic carbocycles. The lowest BCUT2D eigenvalue weighted by molar-refractivity contribution is 1.04. The summed E-state index contributed by atoms with van der Waals surface area (Å²) in [5.41, 5.74) is 4.00. The van der Waals surface area contributed by atoms with E-state index in [0.717, 1.165) is 16.5 Å². The van der Waals surface area contributed by atoms with Gasteiger partial charge >= 0.3 is 0 Å². The highest BCUT2D eigenvalue weighted by Gasteiger charge is 2.02. The van der Waals surface area contributed by atoms with Crippen LogP contribution in [0.1, 0.15) is 21.7 Å². The summed E-state index contributed by atoms with van der Waals surface area (Å²) < 4.78 is 0.520. The molecule has 0 atom stereocenters. The molecule has 0 N–H and O–H groups in total. The maximum Gasteiger partial charge on any atom is 0.207 e. The highest BCUT2D eigenvalue weighted by molar-refractivity contribution is 7.97. The third kappa shape index (κ3) is 3.98. The Morgan fingerprint density at radius 3 is 2.41 bits per heavy atom. The molecule has 0 unspecified atom stereocenters. The van der Waals surface area contributed by atoms with Crippen molar-refractivity contribution in [1.29, 1.82) is 0 Å². The minimum Gasteiger partial charge on any atom is -0.150 e. The lowest BCUT2D eigenvalue weighted by atomic mass is 10.1. The van der Waals surface area contributed by atoms with E-state index < -0.39 is 0 Å². The molecule has 0 amide bonds. The normalized spacial score (nSPS) is 10.8. The van der Waals surface area contributed by atoms with Crippen molar-refractivity contribution >= 4 is 34.7 Å². The monoisotopic (exact) mass is 284 g/mol. The summed E-state index contributed by atoms with van der Waals surface area (Å²) in [4.78, 5) is 0. The second-order valence-electron chi connectivity index (χ2n) is 3.94. The predicted octanol–water partition coefficient (Wildman–Crippen LogP) is 4.24. The van der Waals surface area contributed by atoms with E-state index in [9.17, 15) is 0 Å². The molecule has 5 heteroatoms. The number of halogens is 1. The number of hydrogen-bond acceptors (Lipinski definition) is 4. The van der Waals surface area contributed by atoms with Crippen LogP contribution < -0.4 is 0 Å². The van der Waals surface area contributed by atoms with Crippen molar-refractivity contribution in [3.05, 3.63) is 44.4 Å². The summed E-state index contributed by atoms with van der Waals surface area (Å²) in [5, 5.41) is 8.78. The average molecular weight is 285 g/mol. The van der Waals surface area contributed by atoms with Crippen molar-refractivity contribution in [3.63, 3.8) is 0 Å². The summed E-state index contributed by atoms with van der Waals surface area (Å²) in [6, 6.07) is 6.65. The summed E-state index contributed by atoms with van der Waals surface area (Å²) >= 11 is 9.02. The van der Waals surface area contributed by atoms with Gasteiger partial charge in [0.1, 0.15) is 5.01 Å². The molecule has 1 aromatic heterocycles. The minimum atomic E-state index is 0.520. The summed E-state index contributed by atoms with van der Waals surface area (Å²) in [7, 11) is 0. The number of thioether (sulfide) groups is 1. The molecule has 17 heavy (non-hydrogen) atoms. The standard InChI is InChI=1S/C12H13ClN2S2/c1-8-3-9(2)5-10(4-8)6-16-7-11-14-15-12(13)17-11/h3-5H,6-7H2,1-2H3. The highest BCUT2D eigenvalue weighted by atomic mass is 35.5. The predicted molar refractivity (Wildman–Crippen MR) is 75.8 cm³/mol. The van der Waals surface area contributed by atoms with Crippen LogP contribution in [-0.4, -0.2) is 10.2 Å². The fraction of sp³-hybridized carbons (Fsp3) is 0.333. The molecule has 0 radical (unpaired) electrons. The second-order valence-corrected chi connectivity index (χ2v) is 6.57. The lowest BCUT2D eigenvalue weighted by Gasteiger charge is -2.03. The smallest absolute Gasteiger partial charge is 0.150 e. The van der Waals surface area contributed by atoms with Gasteiger partial charge in [-0.2, -0.15) is 0 Å². The number of nitrogens with zero attached hydrogens (tertiary/aromatic N) is 2. The second kappa shape index (κ2) is 5.85. The molecular formula is C12H13ClN2S2. The molecule has 1 aromatic carbocycles. The van der Waals surface area contributed by atoms with E-state index in [2.05, 4.69) is 42.2 Å². The first-order valence-electron chi connectivity index (χ1n) is 5.26. The Hall–Kier alpha value is -0.580. The topological polar surface area (TPSA) is 25.8 Å². The quantitative estimate of drug-likeness (QED) is 0.840. The Morgan fingerprint density at radius 2 is 1.82 bits per heavy atom. The van der Waals surface area contributed by atoms with Crippen molar-refractivity contribution in [2.45, 2.75) is 25.4 Å². The van der Waals surface area contributed by atoms with Crippen LogP contribution >= 0.6 is 34.7 Å². The first-order valence-corrected chi connectivity index (χ1v) is 7.61. The molecule has 90 valence electrons. The van der Waals surface area contributed by atoms with E-state index in [0.29, 0.717) is 4.47 Å². The molecule has 1 heterocycles. The van der Waals surface area contributed by atoms with Gasteiger partial charge in [-0.05, 0) is 31.0 Å². The molecule has 0 saturated carbocycles. The van der Waals surface area contributed by atoms with Crippen LogP contribution in [0.2, 0.25) is 4.47 Å². The Balaban J connectivity index is 1.89. The molecule has 0 bridgehead atoms. The van der Waals surface area contributed by atoms with Crippen molar-refractivity contribution in [1.82, 2.24) is 10.2 Å². The van der Waals surface area contributed by atoms with Gasteiger partial charge in [0.2, 0.25) is 4.47 Å². The van der Waals surface area contributed by atoms with Crippen molar-refractivity contribution in [3.8, 4) is 0 Å². The van der Waals surface area contributed by atoms with E-state index >= 15 is 0 Å². The number of rotatable bonds is 4. The number of benzene rings is 1. The van der Waals surface area contributed by atoms with Crippen LogP contribution in [0.3, 0.4) is 0 Å². The molecular weight excluding hydrogens is 272 g/mol. The summed E-state index contributed by atoms with van der Waals surface area (Å²) in [5.74, 6) is 1.87. The zero-order chi connectivity index (χ0) is 12.3. The van der Waals surface area contributed by atoms with Crippen molar-refractivity contribution in [2.24, 2.45) is 0 Å². The number of aryl methyl sites for hydroxylation is 2. The largest absolute Gasteiger partial charge is 0.207 e. The van der Waals surface area contributed by atoms with Gasteiger partial charge in [-0.3, -0.25) is 0 Å². The maximum atomic E-state index is 5.73. The van der Waals surface area contributed by atoms with Gasteiger partial charge in [-0.1, -0.05) is 40.7 Å². The lowest BCUT2D eigenvalue weighted by Crippen LogP contribution is -1.86. The molecule has 0 aliphatic rings. The molecule has 2 nitrogen and oxygen atoms in total. The Kier molecular flexibility index (Phi) is 4.42. The van der Waals surface area contributed by atoms with Crippen LogP contribution in [-0.2, 0) is 11.5 Å². The fourth-order valence-electron chi connectivity index (χ4n) is 1.70. The van der Waals surface area contributed by atoms with Gasteiger partial charge in [0.15, 0.2) is 0 Å². The van der Waals surface area contributed by atoms with E-state index in [1.807, 2.05) is 11.8 Å². The van der Waals surface area contributed by atoms with Crippen LogP contribution in [0.5, 0.6) is 0 Å². The fourth-order valence-corrected chi connectivity index (χ4v) is 3.59. The van der Waals surface area contributed by atoms with Crippen LogP contribution in [0.25, 0.3) is 0 Å². The van der Waals surface area contributed by atoms with Gasteiger partial charge in [-0.25, -0.2) is 0 Å². The van der Waals surface area contributed by atoms with Gasteiger partial charge < -0.3 is 0 Å². The Bertz CT molecular complexity index is 491. The van der Waals surface area contributed by atoms with Gasteiger partial charge in [0.25, 0.3) is 0 Å². The van der Waals surface area contributed by atoms with E-state index in [1.54, 1.807) is 0 Å². The zero-order valence-corrected chi connectivity index (χ0v) is 12.1. The highest BCUT2D eigenvalue weighted by Crippen LogP contribution is 2.23. The Labute approximate surface area is 114 Å². The third-order valence-electron chi connectivity index (χ3n) is 2.22. The van der Waals surface area contributed by atoms with Crippen LogP contribution in [0, 0.1) is 13.8 Å². The zero-order valence-electron chi connectivity index (χ0n) is 9.74. The van der Waals surface area contributed by atoms with E-state index in [4.69, 9.17) is 11.6 Å². The van der Waals surface area contributed by atoms with Gasteiger partial charge in [-0.15, -0.1) is 22.0 Å². The van der Waals surface area contributed by atoms with Crippen molar-refractivity contribution in [2.75, 3.05) is 0 Å². The minimum absolute atomic E-state index is 0.520. The molecule has 0 aliphatic heterocycles. The molecule has 0 spiro atoms. The summed E-state index contributed by atoms with van der Waals surface area (Å²) in [6.45, 7) is 4.26. The van der Waals surface area contributed by atoms with Gasteiger partial charge in [0.05, 0.1) is 0 Å². The van der Waals surface area contributed by atoms with Crippen molar-refractivity contribution < 1.29 is 0 Å². The number of aromatic nitrogens is 2. The average Bonchev–Trinajstić information content (AvgIpc) is 2.63. The number of hydrogen-bond donors (Lipinski definition) is 0. The SMILES string of the molecule is Cc1cc(C)cc(CSCc2nnc(Cl)s2)c1. The first-order chi connectivity index (χ1) is 8.13.